The van der Waals surface area contributed by atoms with Crippen molar-refractivity contribution >= 4 is 11.9 Å². The van der Waals surface area contributed by atoms with Crippen LogP contribution < -0.4 is 0 Å². The van der Waals surface area contributed by atoms with Gasteiger partial charge in [0.1, 0.15) is 31.0 Å². The van der Waals surface area contributed by atoms with Gasteiger partial charge in [-0.3, -0.25) is 9.59 Å². The minimum Gasteiger partial charge on any atom is -0.462 e. The summed E-state index contributed by atoms with van der Waals surface area (Å²) in [7, 11) is 0. The Hall–Kier alpha value is -3.12. The third-order valence-electron chi connectivity index (χ3n) is 10.3. The molecule has 0 bridgehead atoms. The topological polar surface area (TPSA) is 152 Å². The number of rotatable bonds is 38. The molecule has 10 heteroatoms. The first-order valence-corrected chi connectivity index (χ1v) is 23.7. The summed E-state index contributed by atoms with van der Waals surface area (Å²) in [6.45, 7) is 3.28. The zero-order valence-electron chi connectivity index (χ0n) is 37.9. The number of hydrogen-bond acceptors (Lipinski definition) is 10. The highest BCUT2D eigenvalue weighted by molar-refractivity contribution is 5.70. The summed E-state index contributed by atoms with van der Waals surface area (Å²) in [5, 5.41) is 40.1. The van der Waals surface area contributed by atoms with E-state index in [1.54, 1.807) is 0 Å². The van der Waals surface area contributed by atoms with Crippen LogP contribution in [-0.4, -0.2) is 89.0 Å². The van der Waals surface area contributed by atoms with Gasteiger partial charge >= 0.3 is 11.9 Å². The summed E-state index contributed by atoms with van der Waals surface area (Å²) in [6.07, 6.45) is 45.9. The van der Waals surface area contributed by atoms with E-state index in [1.165, 1.54) is 70.6 Å². The molecule has 1 fully saturated rings. The maximum atomic E-state index is 12.8. The lowest BCUT2D eigenvalue weighted by atomic mass is 9.99. The Labute approximate surface area is 369 Å². The Morgan fingerprint density at radius 1 is 0.508 bits per heavy atom. The number of hydrogen-bond donors (Lipinski definition) is 4. The second-order valence-electron chi connectivity index (χ2n) is 15.8. The molecule has 10 nitrogen and oxygen atoms in total. The lowest BCUT2D eigenvalue weighted by molar-refractivity contribution is -0.305. The number of carbonyl (C=O) groups is 2. The number of esters is 2. The van der Waals surface area contributed by atoms with Crippen molar-refractivity contribution in [1.82, 2.24) is 0 Å². The summed E-state index contributed by atoms with van der Waals surface area (Å²) in [6, 6.07) is 0. The lowest BCUT2D eigenvalue weighted by Crippen LogP contribution is -2.59. The minimum atomic E-state index is -1.61. The SMILES string of the molecule is CCCCC/C=C/C/C=C/C/C=C/C/C=C/C/C=C/CCC(=O)OC[C@@H](CO[C@H]1O[C@@H](CO)[C@@H](O)C(O)C1O)OC(=O)CCCCCCCCC/C=C/C/C=C/CCCCC. The standard InChI is InChI=1S/C51H84O10/c1-3-5-7-9-11-13-15-17-19-21-22-24-25-27-29-31-33-35-37-39-46(53)58-42-44(43-59-51-50(57)49(56)48(55)45(41-52)61-51)60-47(54)40-38-36-34-32-30-28-26-23-20-18-16-14-12-10-8-6-4-2/h11-14,17-20,22,24,27,29,33,35,44-45,48-52,55-57H,3-10,15-16,21,23,25-26,28,30-32,34,36-43H2,1-2H3/b13-11+,14-12+,19-17+,20-18+,24-22+,29-27+,35-33+/t44-,45-,48+,49?,50?,51-/m0/s1. The number of unbranched alkanes of at least 4 members (excludes halogenated alkanes) is 13. The predicted molar refractivity (Wildman–Crippen MR) is 247 cm³/mol. The van der Waals surface area contributed by atoms with E-state index in [2.05, 4.69) is 86.8 Å². The predicted octanol–water partition coefficient (Wildman–Crippen LogP) is 10.6. The third-order valence-corrected chi connectivity index (χ3v) is 10.3. The van der Waals surface area contributed by atoms with E-state index in [1.807, 2.05) is 12.2 Å². The zero-order valence-corrected chi connectivity index (χ0v) is 37.9. The average Bonchev–Trinajstić information content (AvgIpc) is 3.26. The van der Waals surface area contributed by atoms with E-state index in [-0.39, 0.29) is 26.1 Å². The molecular formula is C51H84O10. The maximum Gasteiger partial charge on any atom is 0.306 e. The van der Waals surface area contributed by atoms with Gasteiger partial charge in [-0.25, -0.2) is 0 Å². The Kier molecular flexibility index (Phi) is 37.5. The van der Waals surface area contributed by atoms with Crippen molar-refractivity contribution in [2.75, 3.05) is 19.8 Å². The first-order valence-electron chi connectivity index (χ1n) is 23.7. The number of ether oxygens (including phenoxy) is 4. The van der Waals surface area contributed by atoms with Gasteiger partial charge in [-0.2, -0.15) is 0 Å². The highest BCUT2D eigenvalue weighted by Gasteiger charge is 2.44. The molecule has 0 radical (unpaired) electrons. The highest BCUT2D eigenvalue weighted by atomic mass is 16.7. The van der Waals surface area contributed by atoms with Crippen LogP contribution in [0.4, 0.5) is 0 Å². The number of aliphatic hydroxyl groups is 4. The van der Waals surface area contributed by atoms with Crippen molar-refractivity contribution < 1.29 is 49.0 Å². The molecule has 1 heterocycles. The van der Waals surface area contributed by atoms with Crippen LogP contribution in [0.25, 0.3) is 0 Å². The monoisotopic (exact) mass is 857 g/mol. The molecule has 1 rings (SSSR count). The van der Waals surface area contributed by atoms with Crippen LogP contribution in [0.15, 0.2) is 85.1 Å². The normalized spacial score (nSPS) is 20.5. The number of aliphatic hydroxyl groups excluding tert-OH is 4. The van der Waals surface area contributed by atoms with E-state index < -0.39 is 55.4 Å². The molecule has 0 aromatic rings. The Balaban J connectivity index is 2.38. The molecule has 1 aliphatic heterocycles. The van der Waals surface area contributed by atoms with Gasteiger partial charge in [0, 0.05) is 12.8 Å². The smallest absolute Gasteiger partial charge is 0.306 e. The molecule has 0 aromatic carbocycles. The van der Waals surface area contributed by atoms with E-state index in [0.717, 1.165) is 57.8 Å². The molecule has 61 heavy (non-hydrogen) atoms. The fraction of sp³-hybridized carbons (Fsp3) is 0.686. The van der Waals surface area contributed by atoms with Crippen molar-refractivity contribution in [3.05, 3.63) is 85.1 Å². The van der Waals surface area contributed by atoms with Crippen LogP contribution in [0.5, 0.6) is 0 Å². The first-order chi connectivity index (χ1) is 29.8. The van der Waals surface area contributed by atoms with Crippen LogP contribution >= 0.6 is 0 Å². The lowest BCUT2D eigenvalue weighted by Gasteiger charge is -2.39. The van der Waals surface area contributed by atoms with Gasteiger partial charge in [-0.15, -0.1) is 0 Å². The minimum absolute atomic E-state index is 0.146. The summed E-state index contributed by atoms with van der Waals surface area (Å²) < 4.78 is 22.1. The quantitative estimate of drug-likeness (QED) is 0.0268. The fourth-order valence-electron chi connectivity index (χ4n) is 6.49. The zero-order chi connectivity index (χ0) is 44.4. The summed E-state index contributed by atoms with van der Waals surface area (Å²) in [5.74, 6) is -0.918. The van der Waals surface area contributed by atoms with Gasteiger partial charge in [0.05, 0.1) is 13.2 Å². The molecule has 0 aromatic heterocycles. The Morgan fingerprint density at radius 3 is 1.44 bits per heavy atom. The second-order valence-corrected chi connectivity index (χ2v) is 15.8. The Bertz CT molecular complexity index is 1270. The Morgan fingerprint density at radius 2 is 0.951 bits per heavy atom. The summed E-state index contributed by atoms with van der Waals surface area (Å²) in [5.41, 5.74) is 0. The second kappa shape index (κ2) is 40.9. The molecule has 0 saturated carbocycles. The van der Waals surface area contributed by atoms with Crippen LogP contribution in [0.3, 0.4) is 0 Å². The molecule has 0 amide bonds. The van der Waals surface area contributed by atoms with Gasteiger partial charge < -0.3 is 39.4 Å². The van der Waals surface area contributed by atoms with E-state index in [9.17, 15) is 30.0 Å². The largest absolute Gasteiger partial charge is 0.462 e. The van der Waals surface area contributed by atoms with Crippen LogP contribution in [-0.2, 0) is 28.5 Å². The van der Waals surface area contributed by atoms with Gasteiger partial charge in [-0.05, 0) is 83.5 Å². The van der Waals surface area contributed by atoms with Gasteiger partial charge in [0.25, 0.3) is 0 Å². The molecule has 1 saturated heterocycles. The first kappa shape index (κ1) is 55.9. The van der Waals surface area contributed by atoms with Gasteiger partial charge in [0.15, 0.2) is 12.4 Å². The third kappa shape index (κ3) is 32.3. The number of allylic oxidation sites excluding steroid dienone is 14. The van der Waals surface area contributed by atoms with Crippen molar-refractivity contribution in [3.63, 3.8) is 0 Å². The molecule has 0 aliphatic carbocycles. The van der Waals surface area contributed by atoms with Gasteiger partial charge in [0.2, 0.25) is 0 Å². The molecule has 0 spiro atoms. The van der Waals surface area contributed by atoms with E-state index in [4.69, 9.17) is 18.9 Å². The molecule has 6 atom stereocenters. The van der Waals surface area contributed by atoms with Crippen molar-refractivity contribution in [2.24, 2.45) is 0 Å². The molecule has 348 valence electrons. The molecule has 4 N–H and O–H groups in total. The van der Waals surface area contributed by atoms with Crippen molar-refractivity contribution in [3.8, 4) is 0 Å². The molecule has 2 unspecified atom stereocenters. The summed E-state index contributed by atoms with van der Waals surface area (Å²) in [4.78, 5) is 25.3. The van der Waals surface area contributed by atoms with Crippen LogP contribution in [0.1, 0.15) is 168 Å². The molecule has 1 aliphatic rings. The van der Waals surface area contributed by atoms with Gasteiger partial charge in [-0.1, -0.05) is 157 Å². The van der Waals surface area contributed by atoms with E-state index >= 15 is 0 Å². The highest BCUT2D eigenvalue weighted by Crippen LogP contribution is 2.22. The average molecular weight is 857 g/mol. The van der Waals surface area contributed by atoms with Crippen LogP contribution in [0, 0.1) is 0 Å². The van der Waals surface area contributed by atoms with Crippen molar-refractivity contribution in [2.45, 2.75) is 205 Å². The van der Waals surface area contributed by atoms with E-state index in [0.29, 0.717) is 12.8 Å². The fourth-order valence-corrected chi connectivity index (χ4v) is 6.49. The molecular weight excluding hydrogens is 773 g/mol. The van der Waals surface area contributed by atoms with Crippen LogP contribution in [0.2, 0.25) is 0 Å². The maximum absolute atomic E-state index is 12.8. The number of carbonyl (C=O) groups excluding carboxylic acids is 2. The summed E-state index contributed by atoms with van der Waals surface area (Å²) >= 11 is 0. The van der Waals surface area contributed by atoms with Crippen molar-refractivity contribution in [1.29, 1.82) is 0 Å².